The molecule has 1 unspecified atom stereocenters. The average Bonchev–Trinajstić information content (AvgIpc) is 2.87. The Morgan fingerprint density at radius 3 is 3.00 bits per heavy atom. The standard InChI is InChI=1S/C12H13BrFN3S/c1-2-15-11(12-7-16-17-18-12)6-8-5-9(14)3-4-10(8)13/h3-5,7,11,15H,2,6H2,1H3. The smallest absolute Gasteiger partial charge is 0.123 e. The van der Waals surface area contributed by atoms with Crippen LogP contribution in [0.3, 0.4) is 0 Å². The van der Waals surface area contributed by atoms with Crippen LogP contribution in [0.4, 0.5) is 4.39 Å². The van der Waals surface area contributed by atoms with E-state index in [0.717, 1.165) is 21.5 Å². The molecule has 6 heteroatoms. The molecule has 0 aliphatic heterocycles. The summed E-state index contributed by atoms with van der Waals surface area (Å²) < 4.78 is 18.1. The first-order chi connectivity index (χ1) is 8.70. The van der Waals surface area contributed by atoms with Gasteiger partial charge in [-0.3, -0.25) is 0 Å². The van der Waals surface area contributed by atoms with E-state index in [4.69, 9.17) is 0 Å². The van der Waals surface area contributed by atoms with E-state index in [1.54, 1.807) is 18.3 Å². The first-order valence-electron chi connectivity index (χ1n) is 5.65. The van der Waals surface area contributed by atoms with Gasteiger partial charge in [0, 0.05) is 10.5 Å². The molecule has 2 aromatic rings. The van der Waals surface area contributed by atoms with Gasteiger partial charge in [0.25, 0.3) is 0 Å². The average molecular weight is 330 g/mol. The maximum atomic E-state index is 13.3. The molecule has 0 amide bonds. The zero-order valence-electron chi connectivity index (χ0n) is 9.86. The van der Waals surface area contributed by atoms with Gasteiger partial charge in [0.1, 0.15) is 5.82 Å². The van der Waals surface area contributed by atoms with E-state index in [0.29, 0.717) is 6.42 Å². The molecule has 0 spiro atoms. The third-order valence-corrected chi connectivity index (χ3v) is 4.15. The molecule has 0 aliphatic rings. The maximum Gasteiger partial charge on any atom is 0.123 e. The van der Waals surface area contributed by atoms with E-state index in [-0.39, 0.29) is 11.9 Å². The Bertz CT molecular complexity index is 504. The first-order valence-corrected chi connectivity index (χ1v) is 7.22. The first kappa shape index (κ1) is 13.6. The molecule has 1 N–H and O–H groups in total. The molecular formula is C12H13BrFN3S. The minimum absolute atomic E-state index is 0.119. The zero-order valence-corrected chi connectivity index (χ0v) is 12.3. The number of halogens is 2. The van der Waals surface area contributed by atoms with Gasteiger partial charge in [0.2, 0.25) is 0 Å². The largest absolute Gasteiger partial charge is 0.309 e. The number of aromatic nitrogens is 2. The van der Waals surface area contributed by atoms with Crippen molar-refractivity contribution < 1.29 is 4.39 Å². The van der Waals surface area contributed by atoms with Gasteiger partial charge in [-0.1, -0.05) is 27.3 Å². The summed E-state index contributed by atoms with van der Waals surface area (Å²) in [6.07, 6.45) is 2.46. The molecule has 18 heavy (non-hydrogen) atoms. The highest BCUT2D eigenvalue weighted by atomic mass is 79.9. The Kier molecular flexibility index (Phi) is 4.79. The van der Waals surface area contributed by atoms with Gasteiger partial charge in [-0.05, 0) is 48.3 Å². The van der Waals surface area contributed by atoms with Crippen molar-refractivity contribution in [2.75, 3.05) is 6.54 Å². The van der Waals surface area contributed by atoms with E-state index in [9.17, 15) is 4.39 Å². The van der Waals surface area contributed by atoms with E-state index in [1.807, 2.05) is 6.92 Å². The number of hydrogen-bond donors (Lipinski definition) is 1. The van der Waals surface area contributed by atoms with Gasteiger partial charge in [-0.25, -0.2) is 4.39 Å². The van der Waals surface area contributed by atoms with Crippen molar-refractivity contribution in [3.8, 4) is 0 Å². The van der Waals surface area contributed by atoms with Crippen LogP contribution in [-0.4, -0.2) is 16.1 Å². The number of nitrogens with one attached hydrogen (secondary N) is 1. The summed E-state index contributed by atoms with van der Waals surface area (Å²) in [5.41, 5.74) is 0.939. The zero-order chi connectivity index (χ0) is 13.0. The monoisotopic (exact) mass is 329 g/mol. The van der Waals surface area contributed by atoms with E-state index in [1.165, 1.54) is 17.6 Å². The number of hydrogen-bond acceptors (Lipinski definition) is 4. The molecular weight excluding hydrogens is 317 g/mol. The lowest BCUT2D eigenvalue weighted by Gasteiger charge is -2.16. The van der Waals surface area contributed by atoms with Crippen molar-refractivity contribution in [1.82, 2.24) is 14.9 Å². The molecule has 0 fully saturated rings. The van der Waals surface area contributed by atoms with Crippen LogP contribution in [0, 0.1) is 5.82 Å². The predicted molar refractivity (Wildman–Crippen MR) is 74.1 cm³/mol. The second kappa shape index (κ2) is 6.36. The maximum absolute atomic E-state index is 13.3. The van der Waals surface area contributed by atoms with Crippen LogP contribution in [0.5, 0.6) is 0 Å². The summed E-state index contributed by atoms with van der Waals surface area (Å²) in [5.74, 6) is -0.217. The van der Waals surface area contributed by atoms with Crippen molar-refractivity contribution in [3.05, 3.63) is 45.1 Å². The topological polar surface area (TPSA) is 37.8 Å². The van der Waals surface area contributed by atoms with Gasteiger partial charge in [-0.15, -0.1) is 5.10 Å². The molecule has 1 heterocycles. The second-order valence-electron chi connectivity index (χ2n) is 3.87. The number of nitrogens with zero attached hydrogens (tertiary/aromatic N) is 2. The van der Waals surface area contributed by atoms with Gasteiger partial charge in [-0.2, -0.15) is 0 Å². The highest BCUT2D eigenvalue weighted by Crippen LogP contribution is 2.25. The lowest BCUT2D eigenvalue weighted by Crippen LogP contribution is -2.22. The highest BCUT2D eigenvalue weighted by Gasteiger charge is 2.15. The van der Waals surface area contributed by atoms with Crippen LogP contribution in [0.15, 0.2) is 28.9 Å². The molecule has 0 radical (unpaired) electrons. The fraction of sp³-hybridized carbons (Fsp3) is 0.333. The lowest BCUT2D eigenvalue weighted by molar-refractivity contribution is 0.553. The fourth-order valence-corrected chi connectivity index (χ4v) is 2.75. The molecule has 2 rings (SSSR count). The fourth-order valence-electron chi connectivity index (χ4n) is 1.77. The van der Waals surface area contributed by atoms with Gasteiger partial charge in [0.05, 0.1) is 11.1 Å². The molecule has 0 bridgehead atoms. The lowest BCUT2D eigenvalue weighted by atomic mass is 10.0. The van der Waals surface area contributed by atoms with Crippen molar-refractivity contribution in [1.29, 1.82) is 0 Å². The molecule has 1 atom stereocenters. The van der Waals surface area contributed by atoms with Crippen LogP contribution in [0.25, 0.3) is 0 Å². The minimum atomic E-state index is -0.217. The summed E-state index contributed by atoms with van der Waals surface area (Å²) in [4.78, 5) is 1.06. The van der Waals surface area contributed by atoms with Crippen LogP contribution in [-0.2, 0) is 6.42 Å². The second-order valence-corrected chi connectivity index (χ2v) is 5.54. The molecule has 96 valence electrons. The predicted octanol–water partition coefficient (Wildman–Crippen LogP) is 3.33. The van der Waals surface area contributed by atoms with Crippen molar-refractivity contribution in [2.24, 2.45) is 0 Å². The van der Waals surface area contributed by atoms with Crippen molar-refractivity contribution in [2.45, 2.75) is 19.4 Å². The Hall–Kier alpha value is -0.850. The molecule has 0 saturated carbocycles. The number of benzene rings is 1. The van der Waals surface area contributed by atoms with E-state index >= 15 is 0 Å². The molecule has 0 saturated heterocycles. The van der Waals surface area contributed by atoms with Gasteiger partial charge >= 0.3 is 0 Å². The van der Waals surface area contributed by atoms with E-state index in [2.05, 4.69) is 30.8 Å². The highest BCUT2D eigenvalue weighted by molar-refractivity contribution is 9.10. The number of rotatable bonds is 5. The summed E-state index contributed by atoms with van der Waals surface area (Å²) in [6, 6.07) is 4.86. The normalized spacial score (nSPS) is 12.6. The Morgan fingerprint density at radius 2 is 2.33 bits per heavy atom. The molecule has 1 aromatic heterocycles. The quantitative estimate of drug-likeness (QED) is 0.914. The molecule has 0 aliphatic carbocycles. The van der Waals surface area contributed by atoms with Crippen LogP contribution < -0.4 is 5.32 Å². The van der Waals surface area contributed by atoms with Crippen LogP contribution >= 0.6 is 27.5 Å². The van der Waals surface area contributed by atoms with E-state index < -0.39 is 0 Å². The summed E-state index contributed by atoms with van der Waals surface area (Å²) in [6.45, 7) is 2.89. The molecule has 1 aromatic carbocycles. The minimum Gasteiger partial charge on any atom is -0.309 e. The van der Waals surface area contributed by atoms with Crippen LogP contribution in [0.2, 0.25) is 0 Å². The van der Waals surface area contributed by atoms with Gasteiger partial charge in [0.15, 0.2) is 0 Å². The third kappa shape index (κ3) is 3.34. The van der Waals surface area contributed by atoms with Crippen molar-refractivity contribution >= 4 is 27.5 Å². The Labute approximate surface area is 118 Å². The summed E-state index contributed by atoms with van der Waals surface area (Å²) in [7, 11) is 0. The molecule has 3 nitrogen and oxygen atoms in total. The number of likely N-dealkylation sites (N-methyl/N-ethyl adjacent to an activating group) is 1. The third-order valence-electron chi connectivity index (χ3n) is 2.60. The Morgan fingerprint density at radius 1 is 1.50 bits per heavy atom. The summed E-state index contributed by atoms with van der Waals surface area (Å²) in [5, 5.41) is 7.22. The Balaban J connectivity index is 2.21. The van der Waals surface area contributed by atoms with Crippen molar-refractivity contribution in [3.63, 3.8) is 0 Å². The summed E-state index contributed by atoms with van der Waals surface area (Å²) >= 11 is 4.82. The van der Waals surface area contributed by atoms with Gasteiger partial charge < -0.3 is 5.32 Å². The van der Waals surface area contributed by atoms with Crippen LogP contribution in [0.1, 0.15) is 23.4 Å². The SMILES string of the molecule is CCNC(Cc1cc(F)ccc1Br)c1cnns1.